The van der Waals surface area contributed by atoms with Crippen molar-refractivity contribution in [2.24, 2.45) is 0 Å². The van der Waals surface area contributed by atoms with E-state index in [1.54, 1.807) is 6.92 Å². The van der Waals surface area contributed by atoms with Gasteiger partial charge in [-0.2, -0.15) is 0 Å². The molecule has 1 fully saturated rings. The van der Waals surface area contributed by atoms with Crippen molar-refractivity contribution in [2.45, 2.75) is 31.5 Å². The van der Waals surface area contributed by atoms with Gasteiger partial charge in [0, 0.05) is 19.7 Å². The number of hydrogen-bond donors (Lipinski definition) is 2. The normalized spacial score (nSPS) is 24.4. The SMILES string of the molecule is CN(C)CC(C)(O)CNC(=O)C1CCCO1. The molecule has 1 aliphatic heterocycles. The molecule has 0 saturated carbocycles. The van der Waals surface area contributed by atoms with E-state index in [2.05, 4.69) is 5.32 Å². The molecule has 5 nitrogen and oxygen atoms in total. The van der Waals surface area contributed by atoms with Gasteiger partial charge in [-0.05, 0) is 33.9 Å². The molecule has 0 aromatic heterocycles. The van der Waals surface area contributed by atoms with Crippen LogP contribution in [-0.2, 0) is 9.53 Å². The van der Waals surface area contributed by atoms with Crippen LogP contribution in [0.3, 0.4) is 0 Å². The van der Waals surface area contributed by atoms with E-state index in [0.717, 1.165) is 12.8 Å². The van der Waals surface area contributed by atoms with Gasteiger partial charge in [-0.1, -0.05) is 0 Å². The van der Waals surface area contributed by atoms with Gasteiger partial charge >= 0.3 is 0 Å². The van der Waals surface area contributed by atoms with Crippen LogP contribution in [0.25, 0.3) is 0 Å². The second-order valence-corrected chi connectivity index (χ2v) is 4.95. The van der Waals surface area contributed by atoms with Crippen LogP contribution in [0.15, 0.2) is 0 Å². The lowest BCUT2D eigenvalue weighted by Gasteiger charge is -2.27. The van der Waals surface area contributed by atoms with Gasteiger partial charge < -0.3 is 20.1 Å². The smallest absolute Gasteiger partial charge is 0.249 e. The Labute approximate surface area is 96.8 Å². The highest BCUT2D eigenvalue weighted by Gasteiger charge is 2.27. The highest BCUT2D eigenvalue weighted by Crippen LogP contribution is 2.12. The van der Waals surface area contributed by atoms with Crippen molar-refractivity contribution < 1.29 is 14.6 Å². The number of nitrogens with zero attached hydrogens (tertiary/aromatic N) is 1. The first-order valence-corrected chi connectivity index (χ1v) is 5.67. The lowest BCUT2D eigenvalue weighted by Crippen LogP contribution is -2.49. The average molecular weight is 230 g/mol. The van der Waals surface area contributed by atoms with Gasteiger partial charge in [0.2, 0.25) is 5.91 Å². The monoisotopic (exact) mass is 230 g/mol. The van der Waals surface area contributed by atoms with Gasteiger partial charge in [-0.25, -0.2) is 0 Å². The van der Waals surface area contributed by atoms with Crippen molar-refractivity contribution in [1.29, 1.82) is 0 Å². The van der Waals surface area contributed by atoms with Gasteiger partial charge in [-0.3, -0.25) is 4.79 Å². The number of nitrogens with one attached hydrogen (secondary N) is 1. The Hall–Kier alpha value is -0.650. The fourth-order valence-electron chi connectivity index (χ4n) is 1.91. The van der Waals surface area contributed by atoms with E-state index in [0.29, 0.717) is 13.2 Å². The molecule has 0 aromatic carbocycles. The largest absolute Gasteiger partial charge is 0.387 e. The molecule has 0 radical (unpaired) electrons. The number of amides is 1. The second-order valence-electron chi connectivity index (χ2n) is 4.95. The van der Waals surface area contributed by atoms with E-state index >= 15 is 0 Å². The van der Waals surface area contributed by atoms with Crippen molar-refractivity contribution >= 4 is 5.91 Å². The topological polar surface area (TPSA) is 61.8 Å². The molecule has 1 aliphatic rings. The van der Waals surface area contributed by atoms with Crippen LogP contribution in [0.2, 0.25) is 0 Å². The summed E-state index contributed by atoms with van der Waals surface area (Å²) in [4.78, 5) is 13.5. The van der Waals surface area contributed by atoms with Gasteiger partial charge in [0.25, 0.3) is 0 Å². The summed E-state index contributed by atoms with van der Waals surface area (Å²) in [7, 11) is 3.77. The minimum atomic E-state index is -0.905. The summed E-state index contributed by atoms with van der Waals surface area (Å²) in [5.41, 5.74) is -0.905. The maximum Gasteiger partial charge on any atom is 0.249 e. The average Bonchev–Trinajstić information content (AvgIpc) is 2.64. The highest BCUT2D eigenvalue weighted by molar-refractivity contribution is 5.81. The molecule has 0 spiro atoms. The molecule has 2 unspecified atom stereocenters. The molecule has 1 amide bonds. The summed E-state index contributed by atoms with van der Waals surface area (Å²) >= 11 is 0. The summed E-state index contributed by atoms with van der Waals surface area (Å²) in [6.45, 7) is 3.14. The first-order chi connectivity index (χ1) is 7.41. The quantitative estimate of drug-likeness (QED) is 0.674. The molecule has 5 heteroatoms. The molecule has 0 aromatic rings. The zero-order valence-electron chi connectivity index (χ0n) is 10.3. The van der Waals surface area contributed by atoms with Crippen LogP contribution in [-0.4, -0.2) is 61.4 Å². The lowest BCUT2D eigenvalue weighted by atomic mass is 10.1. The maximum atomic E-state index is 11.6. The maximum absolute atomic E-state index is 11.6. The van der Waals surface area contributed by atoms with E-state index in [4.69, 9.17) is 4.74 Å². The Morgan fingerprint density at radius 2 is 2.31 bits per heavy atom. The van der Waals surface area contributed by atoms with Crippen LogP contribution in [0.1, 0.15) is 19.8 Å². The molecule has 0 aliphatic carbocycles. The van der Waals surface area contributed by atoms with Gasteiger partial charge in [0.15, 0.2) is 0 Å². The minimum Gasteiger partial charge on any atom is -0.387 e. The van der Waals surface area contributed by atoms with Crippen LogP contribution >= 0.6 is 0 Å². The Kier molecular flexibility index (Phi) is 4.70. The van der Waals surface area contributed by atoms with Crippen LogP contribution in [0, 0.1) is 0 Å². The van der Waals surface area contributed by atoms with Gasteiger partial charge in [-0.15, -0.1) is 0 Å². The third kappa shape index (κ3) is 4.47. The first-order valence-electron chi connectivity index (χ1n) is 5.67. The molecule has 0 bridgehead atoms. The van der Waals surface area contributed by atoms with Gasteiger partial charge in [0.05, 0.1) is 5.60 Å². The third-order valence-electron chi connectivity index (χ3n) is 2.52. The van der Waals surface area contributed by atoms with Crippen LogP contribution in [0.4, 0.5) is 0 Å². The Morgan fingerprint density at radius 3 is 2.81 bits per heavy atom. The molecule has 94 valence electrons. The summed E-state index contributed by atoms with van der Waals surface area (Å²) in [6.07, 6.45) is 1.39. The standard InChI is InChI=1S/C11H22N2O3/c1-11(15,8-13(2)3)7-12-10(14)9-5-4-6-16-9/h9,15H,4-8H2,1-3H3,(H,12,14). The van der Waals surface area contributed by atoms with Crippen LogP contribution in [0.5, 0.6) is 0 Å². The number of rotatable bonds is 5. The minimum absolute atomic E-state index is 0.114. The summed E-state index contributed by atoms with van der Waals surface area (Å²) in [5, 5.41) is 12.7. The second kappa shape index (κ2) is 5.61. The predicted octanol–water partition coefficient (Wildman–Crippen LogP) is -0.406. The number of likely N-dealkylation sites (N-methyl/N-ethyl adjacent to an activating group) is 1. The van der Waals surface area contributed by atoms with E-state index < -0.39 is 5.60 Å². The van der Waals surface area contributed by atoms with Gasteiger partial charge in [0.1, 0.15) is 6.10 Å². The van der Waals surface area contributed by atoms with Crippen molar-refractivity contribution in [2.75, 3.05) is 33.8 Å². The fourth-order valence-corrected chi connectivity index (χ4v) is 1.91. The zero-order chi connectivity index (χ0) is 12.2. The van der Waals surface area contributed by atoms with Crippen LogP contribution < -0.4 is 5.32 Å². The van der Waals surface area contributed by atoms with E-state index in [-0.39, 0.29) is 18.6 Å². The van der Waals surface area contributed by atoms with Crippen molar-refractivity contribution in [3.63, 3.8) is 0 Å². The Bertz CT molecular complexity index is 235. The van der Waals surface area contributed by atoms with E-state index in [9.17, 15) is 9.90 Å². The lowest BCUT2D eigenvalue weighted by molar-refractivity contribution is -0.131. The molecule has 1 saturated heterocycles. The predicted molar refractivity (Wildman–Crippen MR) is 61.2 cm³/mol. The number of hydrogen-bond acceptors (Lipinski definition) is 4. The number of carbonyl (C=O) groups is 1. The molecule has 16 heavy (non-hydrogen) atoms. The zero-order valence-corrected chi connectivity index (χ0v) is 10.3. The fraction of sp³-hybridized carbons (Fsp3) is 0.909. The van der Waals surface area contributed by atoms with Crippen molar-refractivity contribution in [3.8, 4) is 0 Å². The third-order valence-corrected chi connectivity index (χ3v) is 2.52. The molecule has 2 N–H and O–H groups in total. The summed E-state index contributed by atoms with van der Waals surface area (Å²) in [6, 6.07) is 0. The molecular weight excluding hydrogens is 208 g/mol. The molecular formula is C11H22N2O3. The van der Waals surface area contributed by atoms with E-state index in [1.165, 1.54) is 0 Å². The van der Waals surface area contributed by atoms with E-state index in [1.807, 2.05) is 19.0 Å². The van der Waals surface area contributed by atoms with Crippen molar-refractivity contribution in [1.82, 2.24) is 10.2 Å². The summed E-state index contributed by atoms with van der Waals surface area (Å²) < 4.78 is 5.26. The first kappa shape index (κ1) is 13.4. The number of carbonyl (C=O) groups excluding carboxylic acids is 1. The summed E-state index contributed by atoms with van der Waals surface area (Å²) in [5.74, 6) is -0.114. The molecule has 1 heterocycles. The Morgan fingerprint density at radius 1 is 1.62 bits per heavy atom. The van der Waals surface area contributed by atoms with Crippen molar-refractivity contribution in [3.05, 3.63) is 0 Å². The highest BCUT2D eigenvalue weighted by atomic mass is 16.5. The molecule has 2 atom stereocenters. The number of ether oxygens (including phenoxy) is 1. The Balaban J connectivity index is 2.29. The number of aliphatic hydroxyl groups is 1. The molecule has 1 rings (SSSR count).